The molecule has 132 valence electrons. The Morgan fingerprint density at radius 2 is 1.80 bits per heavy atom. The molecule has 0 saturated heterocycles. The third-order valence-corrected chi connectivity index (χ3v) is 3.97. The number of ether oxygens (including phenoxy) is 1. The van der Waals surface area contributed by atoms with E-state index in [0.29, 0.717) is 18.1 Å². The van der Waals surface area contributed by atoms with E-state index in [2.05, 4.69) is 23.6 Å². The highest BCUT2D eigenvalue weighted by Gasteiger charge is 2.21. The zero-order chi connectivity index (χ0) is 18.1. The summed E-state index contributed by atoms with van der Waals surface area (Å²) in [7, 11) is 0. The van der Waals surface area contributed by atoms with Crippen molar-refractivity contribution in [3.8, 4) is 0 Å². The van der Waals surface area contributed by atoms with Gasteiger partial charge in [-0.1, -0.05) is 49.4 Å². The molecule has 2 rings (SSSR count). The number of carbonyl (C=O) groups is 1. The topological polar surface area (TPSA) is 50.4 Å². The fourth-order valence-corrected chi connectivity index (χ4v) is 2.74. The van der Waals surface area contributed by atoms with Crippen molar-refractivity contribution in [2.45, 2.75) is 32.7 Å². The van der Waals surface area contributed by atoms with Crippen LogP contribution in [0.25, 0.3) is 0 Å². The number of rotatable bonds is 7. The highest BCUT2D eigenvalue weighted by molar-refractivity contribution is 7.80. The molecule has 0 saturated carbocycles. The smallest absolute Gasteiger partial charge is 0.328 e. The number of carbonyl (C=O) groups excluding carboxylic acids is 1. The number of thiocarbonyl (C=S) groups is 1. The van der Waals surface area contributed by atoms with E-state index in [1.165, 1.54) is 5.56 Å². The summed E-state index contributed by atoms with van der Waals surface area (Å²) in [6, 6.07) is 17.3. The van der Waals surface area contributed by atoms with E-state index in [0.717, 1.165) is 17.7 Å². The van der Waals surface area contributed by atoms with E-state index < -0.39 is 6.04 Å². The molecule has 0 aliphatic heterocycles. The lowest BCUT2D eigenvalue weighted by Gasteiger charge is -2.20. The molecule has 0 aliphatic rings. The van der Waals surface area contributed by atoms with Gasteiger partial charge in [-0.2, -0.15) is 0 Å². The van der Waals surface area contributed by atoms with Gasteiger partial charge in [0.2, 0.25) is 0 Å². The molecule has 0 radical (unpaired) electrons. The number of nitrogens with one attached hydrogen (secondary N) is 2. The average Bonchev–Trinajstić information content (AvgIpc) is 2.62. The van der Waals surface area contributed by atoms with Gasteiger partial charge in [-0.15, -0.1) is 0 Å². The molecule has 4 nitrogen and oxygen atoms in total. The van der Waals surface area contributed by atoms with E-state index in [9.17, 15) is 4.79 Å². The Hall–Kier alpha value is -2.40. The molecule has 0 heterocycles. The second-order valence-electron chi connectivity index (χ2n) is 5.65. The fourth-order valence-electron chi connectivity index (χ4n) is 2.48. The van der Waals surface area contributed by atoms with E-state index in [-0.39, 0.29) is 5.97 Å². The number of esters is 1. The predicted molar refractivity (Wildman–Crippen MR) is 106 cm³/mol. The second-order valence-corrected chi connectivity index (χ2v) is 6.05. The van der Waals surface area contributed by atoms with Crippen LogP contribution in [0, 0.1) is 0 Å². The lowest BCUT2D eigenvalue weighted by atomic mass is 10.1. The van der Waals surface area contributed by atoms with Crippen LogP contribution in [0.4, 0.5) is 5.69 Å². The van der Waals surface area contributed by atoms with Crippen LogP contribution in [0.1, 0.15) is 25.0 Å². The van der Waals surface area contributed by atoms with Crippen molar-refractivity contribution < 1.29 is 9.53 Å². The van der Waals surface area contributed by atoms with Crippen molar-refractivity contribution in [3.63, 3.8) is 0 Å². The minimum Gasteiger partial charge on any atom is -0.464 e. The minimum absolute atomic E-state index is 0.308. The summed E-state index contributed by atoms with van der Waals surface area (Å²) in [5, 5.41) is 6.63. The Morgan fingerprint density at radius 1 is 1.08 bits per heavy atom. The third kappa shape index (κ3) is 6.19. The molecule has 5 heteroatoms. The quantitative estimate of drug-likeness (QED) is 0.585. The Labute approximate surface area is 154 Å². The van der Waals surface area contributed by atoms with Crippen molar-refractivity contribution in [2.75, 3.05) is 11.9 Å². The molecule has 0 bridgehead atoms. The SMILES string of the molecule is CCOC(=O)[C@H](Cc1ccccc1)NC(=S)Nc1cccc(CC)c1. The standard InChI is InChI=1S/C20H24N2O2S/c1-3-15-11-8-12-17(13-15)21-20(25)22-18(19(23)24-4-2)14-16-9-6-5-7-10-16/h5-13,18H,3-4,14H2,1-2H3,(H2,21,22,25)/t18-/m0/s1. The number of benzene rings is 2. The zero-order valence-corrected chi connectivity index (χ0v) is 15.4. The van der Waals surface area contributed by atoms with Crippen LogP contribution in [0.2, 0.25) is 0 Å². The zero-order valence-electron chi connectivity index (χ0n) is 14.6. The van der Waals surface area contributed by atoms with Crippen molar-refractivity contribution in [2.24, 2.45) is 0 Å². The first kappa shape index (κ1) is 18.9. The molecule has 2 aromatic carbocycles. The molecule has 0 unspecified atom stereocenters. The molecule has 1 atom stereocenters. The fraction of sp³-hybridized carbons (Fsp3) is 0.300. The first-order valence-electron chi connectivity index (χ1n) is 8.49. The molecule has 25 heavy (non-hydrogen) atoms. The van der Waals surface area contributed by atoms with Crippen LogP contribution in [0.3, 0.4) is 0 Å². The predicted octanol–water partition coefficient (Wildman–Crippen LogP) is 3.71. The van der Waals surface area contributed by atoms with Crippen LogP contribution in [0.15, 0.2) is 54.6 Å². The Kier molecular flexibility index (Phi) is 7.41. The van der Waals surface area contributed by atoms with Crippen LogP contribution >= 0.6 is 12.2 Å². The van der Waals surface area contributed by atoms with Gasteiger partial charge >= 0.3 is 5.97 Å². The number of hydrogen-bond acceptors (Lipinski definition) is 3. The normalized spacial score (nSPS) is 11.4. The summed E-state index contributed by atoms with van der Waals surface area (Å²) in [6.45, 7) is 4.24. The van der Waals surface area contributed by atoms with Crippen molar-refractivity contribution in [1.29, 1.82) is 0 Å². The highest BCUT2D eigenvalue weighted by Crippen LogP contribution is 2.11. The molecule has 2 aromatic rings. The Morgan fingerprint density at radius 3 is 2.48 bits per heavy atom. The van der Waals surface area contributed by atoms with Crippen LogP contribution in [-0.4, -0.2) is 23.7 Å². The Bertz CT molecular complexity index is 704. The molecule has 2 N–H and O–H groups in total. The van der Waals surface area contributed by atoms with E-state index in [1.807, 2.05) is 48.5 Å². The van der Waals surface area contributed by atoms with Crippen molar-refractivity contribution in [1.82, 2.24) is 5.32 Å². The van der Waals surface area contributed by atoms with Gasteiger partial charge in [0.15, 0.2) is 5.11 Å². The maximum Gasteiger partial charge on any atom is 0.328 e. The lowest BCUT2D eigenvalue weighted by molar-refractivity contribution is -0.145. The molecule has 0 aromatic heterocycles. The monoisotopic (exact) mass is 356 g/mol. The number of aryl methyl sites for hydroxylation is 1. The van der Waals surface area contributed by atoms with E-state index in [1.54, 1.807) is 6.92 Å². The van der Waals surface area contributed by atoms with Crippen LogP contribution in [-0.2, 0) is 22.4 Å². The lowest BCUT2D eigenvalue weighted by Crippen LogP contribution is -2.45. The summed E-state index contributed by atoms with van der Waals surface area (Å²) < 4.78 is 5.18. The highest BCUT2D eigenvalue weighted by atomic mass is 32.1. The van der Waals surface area contributed by atoms with Gasteiger partial charge < -0.3 is 15.4 Å². The van der Waals surface area contributed by atoms with E-state index >= 15 is 0 Å². The maximum atomic E-state index is 12.3. The van der Waals surface area contributed by atoms with Crippen LogP contribution in [0.5, 0.6) is 0 Å². The summed E-state index contributed by atoms with van der Waals surface area (Å²) in [6.07, 6.45) is 1.46. The van der Waals surface area contributed by atoms with Gasteiger partial charge in [0.05, 0.1) is 6.61 Å². The summed E-state index contributed by atoms with van der Waals surface area (Å²) in [5.74, 6) is -0.308. The van der Waals surface area contributed by atoms with Crippen molar-refractivity contribution in [3.05, 3.63) is 65.7 Å². The third-order valence-electron chi connectivity index (χ3n) is 3.75. The molecule has 0 amide bonds. The van der Waals surface area contributed by atoms with Crippen molar-refractivity contribution >= 4 is 29.0 Å². The summed E-state index contributed by atoms with van der Waals surface area (Å²) in [4.78, 5) is 12.3. The van der Waals surface area contributed by atoms with Gasteiger partial charge in [0.1, 0.15) is 6.04 Å². The minimum atomic E-state index is -0.531. The molecule has 0 aliphatic carbocycles. The molecule has 0 fully saturated rings. The van der Waals surface area contributed by atoms with E-state index in [4.69, 9.17) is 17.0 Å². The summed E-state index contributed by atoms with van der Waals surface area (Å²) >= 11 is 5.38. The number of hydrogen-bond donors (Lipinski definition) is 2. The first-order chi connectivity index (χ1) is 12.1. The molecule has 0 spiro atoms. The second kappa shape index (κ2) is 9.79. The van der Waals surface area contributed by atoms with Gasteiger partial charge in [-0.25, -0.2) is 4.79 Å². The average molecular weight is 356 g/mol. The van der Waals surface area contributed by atoms with Gasteiger partial charge in [-0.05, 0) is 48.8 Å². The maximum absolute atomic E-state index is 12.3. The van der Waals surface area contributed by atoms with Crippen LogP contribution < -0.4 is 10.6 Å². The van der Waals surface area contributed by atoms with Gasteiger partial charge in [-0.3, -0.25) is 0 Å². The largest absolute Gasteiger partial charge is 0.464 e. The molecular formula is C20H24N2O2S. The Balaban J connectivity index is 2.04. The van der Waals surface area contributed by atoms with Gasteiger partial charge in [0.25, 0.3) is 0 Å². The van der Waals surface area contributed by atoms with Gasteiger partial charge in [0, 0.05) is 12.1 Å². The molecular weight excluding hydrogens is 332 g/mol. The first-order valence-corrected chi connectivity index (χ1v) is 8.90. The summed E-state index contributed by atoms with van der Waals surface area (Å²) in [5.41, 5.74) is 3.17. The number of anilines is 1.